The van der Waals surface area contributed by atoms with Crippen LogP contribution in [0, 0.1) is 5.92 Å². The van der Waals surface area contributed by atoms with Crippen molar-refractivity contribution < 1.29 is 9.15 Å². The van der Waals surface area contributed by atoms with Crippen molar-refractivity contribution in [3.8, 4) is 0 Å². The summed E-state index contributed by atoms with van der Waals surface area (Å²) in [6, 6.07) is 5.46. The van der Waals surface area contributed by atoms with Crippen LogP contribution in [-0.2, 0) is 4.74 Å². The van der Waals surface area contributed by atoms with Crippen LogP contribution in [0.4, 0.5) is 0 Å². The first-order valence-electron chi connectivity index (χ1n) is 8.60. The molecule has 0 aliphatic heterocycles. The van der Waals surface area contributed by atoms with Gasteiger partial charge in [0.25, 0.3) is 0 Å². The molecule has 1 saturated carbocycles. The normalized spacial score (nSPS) is 24.1. The minimum Gasteiger partial charge on any atom is -0.468 e. The summed E-state index contributed by atoms with van der Waals surface area (Å²) in [5, 5.41) is 3.75. The summed E-state index contributed by atoms with van der Waals surface area (Å²) >= 11 is 0. The number of ether oxygens (including phenoxy) is 1. The van der Waals surface area contributed by atoms with Gasteiger partial charge in [-0.05, 0) is 57.8 Å². The number of furan rings is 1. The van der Waals surface area contributed by atoms with Gasteiger partial charge < -0.3 is 19.4 Å². The van der Waals surface area contributed by atoms with Crippen LogP contribution >= 0.6 is 0 Å². The van der Waals surface area contributed by atoms with E-state index in [2.05, 4.69) is 38.2 Å². The Hall–Kier alpha value is -0.840. The molecule has 4 heteroatoms. The molecule has 1 N–H and O–H groups in total. The second kappa shape index (κ2) is 8.70. The summed E-state index contributed by atoms with van der Waals surface area (Å²) in [5.41, 5.74) is 0. The lowest BCUT2D eigenvalue weighted by atomic mass is 9.90. The van der Waals surface area contributed by atoms with Gasteiger partial charge in [-0.25, -0.2) is 0 Å². The van der Waals surface area contributed by atoms with E-state index in [1.807, 2.05) is 12.1 Å². The fraction of sp³-hybridized carbons (Fsp3) is 0.778. The van der Waals surface area contributed by atoms with Crippen molar-refractivity contribution in [2.24, 2.45) is 5.92 Å². The Morgan fingerprint density at radius 2 is 1.95 bits per heavy atom. The average Bonchev–Trinajstić information content (AvgIpc) is 3.00. The topological polar surface area (TPSA) is 37.6 Å². The van der Waals surface area contributed by atoms with E-state index >= 15 is 0 Å². The summed E-state index contributed by atoms with van der Waals surface area (Å²) in [6.45, 7) is 5.83. The lowest BCUT2D eigenvalue weighted by Gasteiger charge is -2.34. The molecule has 1 fully saturated rings. The first kappa shape index (κ1) is 17.5. The molecule has 1 atom stereocenters. The molecule has 1 aromatic rings. The van der Waals surface area contributed by atoms with Gasteiger partial charge in [-0.3, -0.25) is 0 Å². The molecule has 4 nitrogen and oxygen atoms in total. The minimum atomic E-state index is 0.162. The SMILES string of the molecule is CC(C)COC[C@@H](NC1CCC(N(C)C)CC1)c1ccco1. The zero-order valence-electron chi connectivity index (χ0n) is 14.5. The first-order chi connectivity index (χ1) is 10.6. The van der Waals surface area contributed by atoms with Crippen LogP contribution in [-0.4, -0.2) is 44.3 Å². The molecule has 0 bridgehead atoms. The van der Waals surface area contributed by atoms with Crippen LogP contribution in [0.15, 0.2) is 22.8 Å². The highest BCUT2D eigenvalue weighted by Crippen LogP contribution is 2.24. The molecule has 1 heterocycles. The van der Waals surface area contributed by atoms with Crippen LogP contribution in [0.3, 0.4) is 0 Å². The van der Waals surface area contributed by atoms with Crippen molar-refractivity contribution >= 4 is 0 Å². The van der Waals surface area contributed by atoms with Crippen molar-refractivity contribution in [2.45, 2.75) is 57.7 Å². The maximum atomic E-state index is 5.85. The second-order valence-corrected chi connectivity index (χ2v) is 7.14. The van der Waals surface area contributed by atoms with Crippen LogP contribution in [0.5, 0.6) is 0 Å². The number of hydrogen-bond acceptors (Lipinski definition) is 4. The lowest BCUT2D eigenvalue weighted by Crippen LogP contribution is -2.41. The molecular weight excluding hydrogens is 276 g/mol. The largest absolute Gasteiger partial charge is 0.468 e. The highest BCUT2D eigenvalue weighted by Gasteiger charge is 2.25. The quantitative estimate of drug-likeness (QED) is 0.798. The van der Waals surface area contributed by atoms with Gasteiger partial charge in [-0.1, -0.05) is 13.8 Å². The molecule has 0 amide bonds. The fourth-order valence-corrected chi connectivity index (χ4v) is 3.17. The Morgan fingerprint density at radius 3 is 2.50 bits per heavy atom. The van der Waals surface area contributed by atoms with Gasteiger partial charge in [0, 0.05) is 18.7 Å². The summed E-state index contributed by atoms with van der Waals surface area (Å²) in [6.07, 6.45) is 6.73. The molecule has 0 saturated heterocycles. The van der Waals surface area contributed by atoms with Gasteiger partial charge in [-0.2, -0.15) is 0 Å². The zero-order chi connectivity index (χ0) is 15.9. The number of nitrogens with zero attached hydrogens (tertiary/aromatic N) is 1. The molecule has 0 radical (unpaired) electrons. The molecular formula is C18H32N2O2. The predicted molar refractivity (Wildman–Crippen MR) is 90.0 cm³/mol. The Bertz CT molecular complexity index is 395. The maximum Gasteiger partial charge on any atom is 0.123 e. The average molecular weight is 308 g/mol. The van der Waals surface area contributed by atoms with Crippen molar-refractivity contribution in [1.29, 1.82) is 0 Å². The highest BCUT2D eigenvalue weighted by atomic mass is 16.5. The number of hydrogen-bond donors (Lipinski definition) is 1. The van der Waals surface area contributed by atoms with Gasteiger partial charge >= 0.3 is 0 Å². The van der Waals surface area contributed by atoms with Gasteiger partial charge in [-0.15, -0.1) is 0 Å². The van der Waals surface area contributed by atoms with E-state index in [9.17, 15) is 0 Å². The molecule has 1 aliphatic rings. The molecule has 0 unspecified atom stereocenters. The lowest BCUT2D eigenvalue weighted by molar-refractivity contribution is 0.0775. The first-order valence-corrected chi connectivity index (χ1v) is 8.60. The van der Waals surface area contributed by atoms with Crippen LogP contribution in [0.1, 0.15) is 51.3 Å². The van der Waals surface area contributed by atoms with Gasteiger partial charge in [0.05, 0.1) is 18.9 Å². The van der Waals surface area contributed by atoms with E-state index in [4.69, 9.17) is 9.15 Å². The maximum absolute atomic E-state index is 5.85. The third kappa shape index (κ3) is 5.41. The van der Waals surface area contributed by atoms with E-state index in [0.717, 1.165) is 18.4 Å². The van der Waals surface area contributed by atoms with Crippen LogP contribution in [0.2, 0.25) is 0 Å². The monoisotopic (exact) mass is 308 g/mol. The van der Waals surface area contributed by atoms with Gasteiger partial charge in [0.1, 0.15) is 5.76 Å². The van der Waals surface area contributed by atoms with Crippen molar-refractivity contribution in [1.82, 2.24) is 10.2 Å². The standard InChI is InChI=1S/C18H32N2O2/c1-14(2)12-21-13-17(18-6-5-11-22-18)19-15-7-9-16(10-8-15)20(3)4/h5-6,11,14-17,19H,7-10,12-13H2,1-4H3/t15?,16?,17-/m1/s1. The van der Waals surface area contributed by atoms with Crippen molar-refractivity contribution in [3.05, 3.63) is 24.2 Å². The number of nitrogens with one attached hydrogen (secondary N) is 1. The molecule has 1 aliphatic carbocycles. The van der Waals surface area contributed by atoms with Gasteiger partial charge in [0.2, 0.25) is 0 Å². The zero-order valence-corrected chi connectivity index (χ0v) is 14.5. The molecule has 2 rings (SSSR count). The van der Waals surface area contributed by atoms with E-state index in [-0.39, 0.29) is 6.04 Å². The molecule has 0 aromatic carbocycles. The Labute approximate surface area is 135 Å². The molecule has 1 aromatic heterocycles. The van der Waals surface area contributed by atoms with Gasteiger partial charge in [0.15, 0.2) is 0 Å². The third-order valence-electron chi connectivity index (χ3n) is 4.49. The Morgan fingerprint density at radius 1 is 1.23 bits per heavy atom. The van der Waals surface area contributed by atoms with Crippen LogP contribution < -0.4 is 5.32 Å². The second-order valence-electron chi connectivity index (χ2n) is 7.14. The summed E-state index contributed by atoms with van der Waals surface area (Å²) in [5.74, 6) is 1.55. The van der Waals surface area contributed by atoms with Crippen molar-refractivity contribution in [2.75, 3.05) is 27.3 Å². The van der Waals surface area contributed by atoms with Crippen LogP contribution in [0.25, 0.3) is 0 Å². The smallest absolute Gasteiger partial charge is 0.123 e. The van der Waals surface area contributed by atoms with Crippen molar-refractivity contribution in [3.63, 3.8) is 0 Å². The summed E-state index contributed by atoms with van der Waals surface area (Å²) in [4.78, 5) is 2.35. The Kier molecular flexibility index (Phi) is 6.93. The fourth-order valence-electron chi connectivity index (χ4n) is 3.17. The van der Waals surface area contributed by atoms with E-state index in [1.165, 1.54) is 25.7 Å². The molecule has 0 spiro atoms. The third-order valence-corrected chi connectivity index (χ3v) is 4.49. The minimum absolute atomic E-state index is 0.162. The van der Waals surface area contributed by atoms with E-state index in [1.54, 1.807) is 6.26 Å². The Balaban J connectivity index is 1.84. The highest BCUT2D eigenvalue weighted by molar-refractivity contribution is 5.05. The molecule has 22 heavy (non-hydrogen) atoms. The summed E-state index contributed by atoms with van der Waals surface area (Å²) < 4.78 is 11.5. The van der Waals surface area contributed by atoms with E-state index in [0.29, 0.717) is 18.6 Å². The number of rotatable bonds is 8. The summed E-state index contributed by atoms with van der Waals surface area (Å²) in [7, 11) is 4.37. The molecule has 126 valence electrons. The van der Waals surface area contributed by atoms with E-state index < -0.39 is 0 Å². The predicted octanol–water partition coefficient (Wildman–Crippen LogP) is 3.46.